The van der Waals surface area contributed by atoms with Gasteiger partial charge in [-0.2, -0.15) is 5.09 Å². The number of carbonyl (C=O) groups excluding carboxylic acids is 1. The molecule has 2 heterocycles. The molecular formula is C21H27FN3O9P. The maximum atomic E-state index is 15.4. The number of esters is 1. The first-order valence-electron chi connectivity index (χ1n) is 10.7. The van der Waals surface area contributed by atoms with E-state index in [-0.39, 0.29) is 12.4 Å². The number of hydrogen-bond donors (Lipinski definition) is 3. The predicted molar refractivity (Wildman–Crippen MR) is 121 cm³/mol. The number of halogens is 1. The number of hydrogen-bond acceptors (Lipinski definition) is 9. The Morgan fingerprint density at radius 3 is 2.66 bits per heavy atom. The summed E-state index contributed by atoms with van der Waals surface area (Å²) in [6, 6.07) is 7.86. The molecule has 3 rings (SSSR count). The molecule has 1 aromatic carbocycles. The van der Waals surface area contributed by atoms with Gasteiger partial charge in [-0.15, -0.1) is 0 Å². The van der Waals surface area contributed by atoms with Crippen molar-refractivity contribution in [3.05, 3.63) is 63.4 Å². The first-order valence-corrected chi connectivity index (χ1v) is 12.3. The van der Waals surface area contributed by atoms with Crippen molar-refractivity contribution in [1.29, 1.82) is 0 Å². The van der Waals surface area contributed by atoms with Crippen LogP contribution in [0.15, 0.2) is 52.2 Å². The van der Waals surface area contributed by atoms with Gasteiger partial charge in [-0.05, 0) is 32.9 Å². The van der Waals surface area contributed by atoms with Gasteiger partial charge in [0.2, 0.25) is 0 Å². The Morgan fingerprint density at radius 2 is 2.03 bits per heavy atom. The minimum atomic E-state index is -4.28. The minimum absolute atomic E-state index is 0.0955. The monoisotopic (exact) mass is 515 g/mol. The van der Waals surface area contributed by atoms with Crippen LogP contribution >= 0.6 is 7.75 Å². The molecule has 1 aliphatic heterocycles. The van der Waals surface area contributed by atoms with Crippen LogP contribution in [0.25, 0.3) is 0 Å². The fraction of sp³-hybridized carbons (Fsp3) is 0.476. The van der Waals surface area contributed by atoms with E-state index in [1.807, 2.05) is 4.98 Å². The fourth-order valence-electron chi connectivity index (χ4n) is 3.40. The number of carbonyl (C=O) groups is 1. The van der Waals surface area contributed by atoms with Gasteiger partial charge in [0, 0.05) is 12.3 Å². The second-order valence-corrected chi connectivity index (χ2v) is 9.63. The molecule has 2 aromatic rings. The Balaban J connectivity index is 1.80. The Kier molecular flexibility index (Phi) is 8.29. The third-order valence-corrected chi connectivity index (χ3v) is 6.83. The van der Waals surface area contributed by atoms with E-state index in [0.29, 0.717) is 0 Å². The van der Waals surface area contributed by atoms with Gasteiger partial charge in [0.25, 0.3) is 5.56 Å². The normalized spacial score (nSPS) is 26.6. The van der Waals surface area contributed by atoms with Crippen molar-refractivity contribution in [1.82, 2.24) is 14.6 Å². The highest BCUT2D eigenvalue weighted by Crippen LogP contribution is 2.47. The molecule has 35 heavy (non-hydrogen) atoms. The van der Waals surface area contributed by atoms with E-state index in [0.717, 1.165) is 23.8 Å². The van der Waals surface area contributed by atoms with E-state index >= 15 is 4.39 Å². The van der Waals surface area contributed by atoms with Crippen molar-refractivity contribution in [3.63, 3.8) is 0 Å². The van der Waals surface area contributed by atoms with Crippen molar-refractivity contribution < 1.29 is 37.4 Å². The van der Waals surface area contributed by atoms with Crippen LogP contribution in [0.5, 0.6) is 5.75 Å². The lowest BCUT2D eigenvalue weighted by Gasteiger charge is -2.25. The van der Waals surface area contributed by atoms with E-state index in [1.54, 1.807) is 25.1 Å². The van der Waals surface area contributed by atoms with Crippen molar-refractivity contribution in [2.75, 3.05) is 13.2 Å². The van der Waals surface area contributed by atoms with Crippen LogP contribution in [-0.4, -0.2) is 57.8 Å². The van der Waals surface area contributed by atoms with Crippen LogP contribution in [0, 0.1) is 0 Å². The van der Waals surface area contributed by atoms with E-state index in [2.05, 4.69) is 5.09 Å². The third-order valence-electron chi connectivity index (χ3n) is 5.19. The van der Waals surface area contributed by atoms with Gasteiger partial charge in [-0.1, -0.05) is 18.2 Å². The highest BCUT2D eigenvalue weighted by atomic mass is 31.2. The molecule has 192 valence electrons. The van der Waals surface area contributed by atoms with Crippen LogP contribution in [-0.2, 0) is 23.4 Å². The number of aromatic nitrogens is 2. The molecule has 1 aromatic heterocycles. The molecule has 0 bridgehead atoms. The van der Waals surface area contributed by atoms with Gasteiger partial charge in [0.1, 0.15) is 24.0 Å². The number of ether oxygens (including phenoxy) is 2. The zero-order valence-electron chi connectivity index (χ0n) is 19.3. The standard InChI is InChI=1S/C21H27FN3O9P/c1-4-31-18(28)13(2)24-35(30,34-14-8-6-5-7-9-14)32-12-15-17(27)21(3,22)19(33-15)25-11-10-16(26)23-20(25)29/h5-11,13,15,17,19,27H,4,12H2,1-3H3,(H,24,30)(H,23,26,29)/t13-,15+,17+,19+,21-,35?/m0/s1. The van der Waals surface area contributed by atoms with Gasteiger partial charge in [0.15, 0.2) is 11.9 Å². The molecule has 0 aliphatic carbocycles. The van der Waals surface area contributed by atoms with E-state index < -0.39 is 61.7 Å². The lowest BCUT2D eigenvalue weighted by Crippen LogP contribution is -2.43. The van der Waals surface area contributed by atoms with E-state index in [1.165, 1.54) is 19.1 Å². The molecule has 0 saturated carbocycles. The quantitative estimate of drug-likeness (QED) is 0.311. The van der Waals surface area contributed by atoms with Gasteiger partial charge in [-0.3, -0.25) is 23.7 Å². The SMILES string of the molecule is CCOC(=O)[C@H](C)NP(=O)(OC[C@H]1O[C@@H](n2ccc(=O)[nH]c2=O)[C@@](C)(F)[C@@H]1O)Oc1ccccc1. The summed E-state index contributed by atoms with van der Waals surface area (Å²) in [5, 5.41) is 13.0. The fourth-order valence-corrected chi connectivity index (χ4v) is 4.90. The highest BCUT2D eigenvalue weighted by molar-refractivity contribution is 7.52. The molecule has 0 radical (unpaired) electrons. The molecule has 3 N–H and O–H groups in total. The Bertz CT molecular complexity index is 1190. The lowest BCUT2D eigenvalue weighted by molar-refractivity contribution is -0.144. The molecule has 1 aliphatic rings. The summed E-state index contributed by atoms with van der Waals surface area (Å²) in [4.78, 5) is 37.5. The lowest BCUT2D eigenvalue weighted by atomic mass is 9.98. The van der Waals surface area contributed by atoms with Gasteiger partial charge in [0.05, 0.1) is 13.2 Å². The molecular weight excluding hydrogens is 488 g/mol. The maximum absolute atomic E-state index is 15.4. The summed E-state index contributed by atoms with van der Waals surface area (Å²) in [5.41, 5.74) is -4.11. The Hall–Kier alpha value is -2.83. The number of alkyl halides is 1. The van der Waals surface area contributed by atoms with Crippen LogP contribution in [0.2, 0.25) is 0 Å². The van der Waals surface area contributed by atoms with Crippen molar-refractivity contribution >= 4 is 13.7 Å². The molecule has 1 saturated heterocycles. The average molecular weight is 515 g/mol. The summed E-state index contributed by atoms with van der Waals surface area (Å²) in [6.45, 7) is 3.47. The number of aromatic amines is 1. The first-order chi connectivity index (χ1) is 16.5. The van der Waals surface area contributed by atoms with Crippen LogP contribution < -0.4 is 20.9 Å². The topological polar surface area (TPSA) is 158 Å². The van der Waals surface area contributed by atoms with Gasteiger partial charge in [-0.25, -0.2) is 13.8 Å². The van der Waals surface area contributed by atoms with Crippen LogP contribution in [0.1, 0.15) is 27.0 Å². The van der Waals surface area contributed by atoms with Crippen LogP contribution in [0.4, 0.5) is 4.39 Å². The highest BCUT2D eigenvalue weighted by Gasteiger charge is 2.55. The number of aliphatic hydroxyl groups excluding tert-OH is 1. The molecule has 1 unspecified atom stereocenters. The number of aliphatic hydroxyl groups is 1. The second kappa shape index (κ2) is 10.8. The summed E-state index contributed by atoms with van der Waals surface area (Å²) in [7, 11) is -4.28. The second-order valence-electron chi connectivity index (χ2n) is 7.94. The molecule has 1 fully saturated rings. The molecule has 0 amide bonds. The van der Waals surface area contributed by atoms with E-state index in [4.69, 9.17) is 18.5 Å². The summed E-state index contributed by atoms with van der Waals surface area (Å²) in [6.07, 6.45) is -3.78. The van der Waals surface area contributed by atoms with Crippen molar-refractivity contribution in [2.24, 2.45) is 0 Å². The van der Waals surface area contributed by atoms with Gasteiger partial charge >= 0.3 is 19.4 Å². The molecule has 12 nitrogen and oxygen atoms in total. The maximum Gasteiger partial charge on any atom is 0.459 e. The number of para-hydroxylation sites is 1. The summed E-state index contributed by atoms with van der Waals surface area (Å²) >= 11 is 0. The van der Waals surface area contributed by atoms with Crippen LogP contribution in [0.3, 0.4) is 0 Å². The number of H-pyrrole nitrogens is 1. The first kappa shape index (κ1) is 26.8. The molecule has 14 heteroatoms. The average Bonchev–Trinajstić information content (AvgIpc) is 3.02. The number of rotatable bonds is 10. The zero-order chi connectivity index (χ0) is 25.8. The Morgan fingerprint density at radius 1 is 1.34 bits per heavy atom. The molecule has 6 atom stereocenters. The molecule has 0 spiro atoms. The Labute approximate surface area is 199 Å². The van der Waals surface area contributed by atoms with Crippen molar-refractivity contribution in [3.8, 4) is 5.75 Å². The summed E-state index contributed by atoms with van der Waals surface area (Å²) < 4.78 is 51.0. The minimum Gasteiger partial charge on any atom is -0.465 e. The van der Waals surface area contributed by atoms with Gasteiger partial charge < -0.3 is 19.1 Å². The summed E-state index contributed by atoms with van der Waals surface area (Å²) in [5.74, 6) is -0.556. The van der Waals surface area contributed by atoms with E-state index in [9.17, 15) is 24.1 Å². The zero-order valence-corrected chi connectivity index (χ0v) is 20.1. The number of nitrogens with one attached hydrogen (secondary N) is 2. The smallest absolute Gasteiger partial charge is 0.459 e. The largest absolute Gasteiger partial charge is 0.465 e. The predicted octanol–water partition coefficient (Wildman–Crippen LogP) is 1.27. The van der Waals surface area contributed by atoms with Crippen molar-refractivity contribution in [2.45, 2.75) is 50.9 Å². The third kappa shape index (κ3) is 6.24. The number of nitrogens with zero attached hydrogens (tertiary/aromatic N) is 1. The number of benzene rings is 1.